The third-order valence-corrected chi connectivity index (χ3v) is 3.54. The molecule has 1 aliphatic rings. The fraction of sp³-hybridized carbons (Fsp3) is 0.769. The number of rotatable bonds is 4. The van der Waals surface area contributed by atoms with Crippen LogP contribution >= 0.6 is 0 Å². The highest BCUT2D eigenvalue weighted by Gasteiger charge is 2.22. The van der Waals surface area contributed by atoms with Gasteiger partial charge in [0, 0.05) is 18.5 Å². The molecule has 0 bridgehead atoms. The second-order valence-electron chi connectivity index (χ2n) is 5.40. The molecule has 0 radical (unpaired) electrons. The van der Waals surface area contributed by atoms with Crippen molar-refractivity contribution in [3.63, 3.8) is 0 Å². The second-order valence-corrected chi connectivity index (χ2v) is 5.40. The summed E-state index contributed by atoms with van der Waals surface area (Å²) in [6, 6.07) is 0.210. The molecule has 2 N–H and O–H groups in total. The van der Waals surface area contributed by atoms with E-state index < -0.39 is 0 Å². The molecular formula is C13H23N5O. The van der Waals surface area contributed by atoms with E-state index >= 15 is 0 Å². The van der Waals surface area contributed by atoms with Crippen LogP contribution < -0.4 is 5.32 Å². The third kappa shape index (κ3) is 3.53. The molecule has 19 heavy (non-hydrogen) atoms. The number of nitrogens with zero attached hydrogens (tertiary/aromatic N) is 3. The zero-order valence-electron chi connectivity index (χ0n) is 11.9. The molecule has 1 atom stereocenters. The Morgan fingerprint density at radius 3 is 3.00 bits per heavy atom. The van der Waals surface area contributed by atoms with Crippen LogP contribution in [0.3, 0.4) is 0 Å². The van der Waals surface area contributed by atoms with Gasteiger partial charge in [0.15, 0.2) is 0 Å². The lowest BCUT2D eigenvalue weighted by atomic mass is 10.1. The van der Waals surface area contributed by atoms with Crippen molar-refractivity contribution in [2.75, 3.05) is 19.6 Å². The first-order valence-electron chi connectivity index (χ1n) is 7.05. The Hall–Kier alpha value is -1.43. The van der Waals surface area contributed by atoms with Crippen molar-refractivity contribution in [2.24, 2.45) is 0 Å². The molecule has 2 heterocycles. The van der Waals surface area contributed by atoms with Crippen LogP contribution in [0.1, 0.15) is 56.0 Å². The molecule has 1 unspecified atom stereocenters. The highest BCUT2D eigenvalue weighted by molar-refractivity contribution is 5.90. The molecule has 1 aromatic heterocycles. The van der Waals surface area contributed by atoms with E-state index in [4.69, 9.17) is 0 Å². The summed E-state index contributed by atoms with van der Waals surface area (Å²) in [4.78, 5) is 18.6. The van der Waals surface area contributed by atoms with Gasteiger partial charge >= 0.3 is 0 Å². The number of likely N-dealkylation sites (N-methyl/N-ethyl adjacent to an activating group) is 1. The predicted octanol–water partition coefficient (Wildman–Crippen LogP) is 1.14. The van der Waals surface area contributed by atoms with Crippen molar-refractivity contribution >= 4 is 5.91 Å². The number of H-pyrrole nitrogens is 1. The molecule has 6 heteroatoms. The Bertz CT molecular complexity index is 428. The zero-order chi connectivity index (χ0) is 13.8. The maximum atomic E-state index is 12.1. The van der Waals surface area contributed by atoms with Crippen LogP contribution in [0, 0.1) is 0 Å². The molecule has 0 spiro atoms. The van der Waals surface area contributed by atoms with Gasteiger partial charge in [-0.3, -0.25) is 9.89 Å². The average molecular weight is 265 g/mol. The van der Waals surface area contributed by atoms with Gasteiger partial charge in [0.25, 0.3) is 5.91 Å². The van der Waals surface area contributed by atoms with Crippen LogP contribution in [-0.2, 0) is 0 Å². The number of piperidine rings is 1. The Morgan fingerprint density at radius 2 is 2.37 bits per heavy atom. The van der Waals surface area contributed by atoms with E-state index in [2.05, 4.69) is 32.3 Å². The predicted molar refractivity (Wildman–Crippen MR) is 73.1 cm³/mol. The van der Waals surface area contributed by atoms with Gasteiger partial charge in [-0.15, -0.1) is 5.10 Å². The van der Waals surface area contributed by atoms with E-state index in [-0.39, 0.29) is 23.7 Å². The molecule has 106 valence electrons. The minimum atomic E-state index is -0.175. The topological polar surface area (TPSA) is 73.9 Å². The molecule has 1 aliphatic heterocycles. The van der Waals surface area contributed by atoms with E-state index in [1.165, 1.54) is 0 Å². The Kier molecular flexibility index (Phi) is 4.52. The number of hydrogen-bond donors (Lipinski definition) is 2. The minimum absolute atomic E-state index is 0.175. The van der Waals surface area contributed by atoms with Crippen LogP contribution in [0.15, 0.2) is 0 Å². The third-order valence-electron chi connectivity index (χ3n) is 3.54. The summed E-state index contributed by atoms with van der Waals surface area (Å²) in [5, 5.41) is 9.82. The summed E-state index contributed by atoms with van der Waals surface area (Å²) >= 11 is 0. The Morgan fingerprint density at radius 1 is 1.58 bits per heavy atom. The second kappa shape index (κ2) is 6.14. The summed E-state index contributed by atoms with van der Waals surface area (Å²) in [6.07, 6.45) is 2.16. The molecule has 0 aliphatic carbocycles. The summed E-state index contributed by atoms with van der Waals surface area (Å²) in [6.45, 7) is 9.26. The van der Waals surface area contributed by atoms with E-state index in [0.717, 1.165) is 38.3 Å². The van der Waals surface area contributed by atoms with Gasteiger partial charge < -0.3 is 10.2 Å². The SMILES string of the molecule is CCN1CCCC(NC(=O)c2n[nH]c(C(C)C)n2)C1. The van der Waals surface area contributed by atoms with Gasteiger partial charge in [-0.25, -0.2) is 4.98 Å². The monoisotopic (exact) mass is 265 g/mol. The number of carbonyl (C=O) groups is 1. The van der Waals surface area contributed by atoms with Crippen molar-refractivity contribution in [1.82, 2.24) is 25.4 Å². The van der Waals surface area contributed by atoms with Gasteiger partial charge in [0.1, 0.15) is 5.82 Å². The van der Waals surface area contributed by atoms with Crippen molar-refractivity contribution in [3.05, 3.63) is 11.6 Å². The number of likely N-dealkylation sites (tertiary alicyclic amines) is 1. The van der Waals surface area contributed by atoms with Crippen molar-refractivity contribution in [2.45, 2.75) is 45.6 Å². The number of nitrogens with one attached hydrogen (secondary N) is 2. The number of aromatic amines is 1. The first kappa shape index (κ1) is 14.0. The van der Waals surface area contributed by atoms with Crippen molar-refractivity contribution < 1.29 is 4.79 Å². The van der Waals surface area contributed by atoms with Crippen LogP contribution in [0.25, 0.3) is 0 Å². The lowest BCUT2D eigenvalue weighted by Crippen LogP contribution is -2.47. The molecule has 1 saturated heterocycles. The van der Waals surface area contributed by atoms with Gasteiger partial charge in [-0.2, -0.15) is 0 Å². The number of hydrogen-bond acceptors (Lipinski definition) is 4. The van der Waals surface area contributed by atoms with Gasteiger partial charge in [0.2, 0.25) is 5.82 Å². The average Bonchev–Trinajstić information content (AvgIpc) is 2.89. The molecule has 1 aromatic rings. The Balaban J connectivity index is 1.92. The standard InChI is InChI=1S/C13H23N5O/c1-4-18-7-5-6-10(8-18)14-13(19)12-15-11(9(2)3)16-17-12/h9-10H,4-8H2,1-3H3,(H,14,19)(H,15,16,17). The van der Waals surface area contributed by atoms with Crippen LogP contribution in [0.2, 0.25) is 0 Å². The summed E-state index contributed by atoms with van der Waals surface area (Å²) in [5.41, 5.74) is 0. The quantitative estimate of drug-likeness (QED) is 0.856. The molecule has 2 rings (SSSR count). The lowest BCUT2D eigenvalue weighted by molar-refractivity contribution is 0.0895. The van der Waals surface area contributed by atoms with Crippen LogP contribution in [0.4, 0.5) is 0 Å². The largest absolute Gasteiger partial charge is 0.345 e. The summed E-state index contributed by atoms with van der Waals surface area (Å²) in [7, 11) is 0. The van der Waals surface area contributed by atoms with Gasteiger partial charge in [0.05, 0.1) is 0 Å². The smallest absolute Gasteiger partial charge is 0.291 e. The summed E-state index contributed by atoms with van der Waals surface area (Å²) < 4.78 is 0. The lowest BCUT2D eigenvalue weighted by Gasteiger charge is -2.31. The number of amides is 1. The molecule has 0 aromatic carbocycles. The summed E-state index contributed by atoms with van der Waals surface area (Å²) in [5.74, 6) is 1.08. The molecule has 1 fully saturated rings. The highest BCUT2D eigenvalue weighted by Crippen LogP contribution is 2.11. The molecule has 1 amide bonds. The van der Waals surface area contributed by atoms with Crippen LogP contribution in [-0.4, -0.2) is 51.7 Å². The zero-order valence-corrected chi connectivity index (χ0v) is 11.9. The van der Waals surface area contributed by atoms with Crippen molar-refractivity contribution in [3.8, 4) is 0 Å². The molecule has 6 nitrogen and oxygen atoms in total. The van der Waals surface area contributed by atoms with Crippen LogP contribution in [0.5, 0.6) is 0 Å². The first-order chi connectivity index (χ1) is 9.10. The number of carbonyl (C=O) groups excluding carboxylic acids is 1. The van der Waals surface area contributed by atoms with Gasteiger partial charge in [-0.05, 0) is 25.9 Å². The Labute approximate surface area is 114 Å². The first-order valence-corrected chi connectivity index (χ1v) is 7.05. The van der Waals surface area contributed by atoms with E-state index in [1.54, 1.807) is 0 Å². The van der Waals surface area contributed by atoms with Gasteiger partial charge in [-0.1, -0.05) is 20.8 Å². The molecule has 0 saturated carbocycles. The fourth-order valence-corrected chi connectivity index (χ4v) is 2.34. The normalized spacial score (nSPS) is 20.7. The number of aromatic nitrogens is 3. The van der Waals surface area contributed by atoms with E-state index in [0.29, 0.717) is 0 Å². The highest BCUT2D eigenvalue weighted by atomic mass is 16.2. The maximum Gasteiger partial charge on any atom is 0.291 e. The molecular weight excluding hydrogens is 242 g/mol. The van der Waals surface area contributed by atoms with Crippen molar-refractivity contribution in [1.29, 1.82) is 0 Å². The van der Waals surface area contributed by atoms with E-state index in [9.17, 15) is 4.79 Å². The van der Waals surface area contributed by atoms with E-state index in [1.807, 2.05) is 13.8 Å². The maximum absolute atomic E-state index is 12.1. The fourth-order valence-electron chi connectivity index (χ4n) is 2.34. The minimum Gasteiger partial charge on any atom is -0.345 e.